The Labute approximate surface area is 254 Å². The van der Waals surface area contributed by atoms with E-state index in [1.165, 1.54) is 4.90 Å². The van der Waals surface area contributed by atoms with Crippen LogP contribution in [-0.4, -0.2) is 21.5 Å². The Morgan fingerprint density at radius 1 is 0.900 bits per heavy atom. The van der Waals surface area contributed by atoms with Crippen molar-refractivity contribution in [2.24, 2.45) is 0 Å². The van der Waals surface area contributed by atoms with Crippen LogP contribution in [0.5, 0.6) is 5.75 Å². The normalized spacial score (nSPS) is 14.6. The molecule has 1 aromatic heterocycles. The monoisotopic (exact) mass is 677 g/mol. The number of benzene rings is 3. The van der Waals surface area contributed by atoms with Gasteiger partial charge in [-0.25, -0.2) is 0 Å². The first kappa shape index (κ1) is 28.0. The SMILES string of the molecule is Cc1cc(Br)ccc1N1C(=O)/C(=C/c2cc(C)n(-c3ccc(OCc4ccc(Br)cc4)cc3)c2C)C(=O)NC1=S. The highest BCUT2D eigenvalue weighted by atomic mass is 79.9. The maximum absolute atomic E-state index is 13.6. The number of hydrogen-bond donors (Lipinski definition) is 1. The molecule has 0 unspecified atom stereocenters. The number of halogens is 2. The summed E-state index contributed by atoms with van der Waals surface area (Å²) in [6.07, 6.45) is 1.63. The van der Waals surface area contributed by atoms with Gasteiger partial charge >= 0.3 is 0 Å². The molecule has 1 fully saturated rings. The van der Waals surface area contributed by atoms with E-state index in [9.17, 15) is 9.59 Å². The van der Waals surface area contributed by atoms with E-state index < -0.39 is 11.8 Å². The van der Waals surface area contributed by atoms with Gasteiger partial charge in [0, 0.05) is 26.0 Å². The van der Waals surface area contributed by atoms with Gasteiger partial charge in [-0.15, -0.1) is 0 Å². The smallest absolute Gasteiger partial charge is 0.270 e. The zero-order valence-electron chi connectivity index (χ0n) is 22.0. The Morgan fingerprint density at radius 2 is 1.57 bits per heavy atom. The lowest BCUT2D eigenvalue weighted by atomic mass is 10.1. The minimum absolute atomic E-state index is 0.0212. The molecule has 1 aliphatic heterocycles. The number of rotatable bonds is 6. The van der Waals surface area contributed by atoms with Gasteiger partial charge in [0.2, 0.25) is 0 Å². The lowest BCUT2D eigenvalue weighted by Gasteiger charge is -2.30. The zero-order valence-corrected chi connectivity index (χ0v) is 26.0. The van der Waals surface area contributed by atoms with E-state index >= 15 is 0 Å². The summed E-state index contributed by atoms with van der Waals surface area (Å²) in [6, 6.07) is 23.4. The van der Waals surface area contributed by atoms with Crippen LogP contribution in [0.3, 0.4) is 0 Å². The van der Waals surface area contributed by atoms with Crippen LogP contribution < -0.4 is 15.0 Å². The number of carbonyl (C=O) groups excluding carboxylic acids is 2. The number of thiocarbonyl (C=S) groups is 1. The van der Waals surface area contributed by atoms with Gasteiger partial charge in [0.15, 0.2) is 5.11 Å². The Kier molecular flexibility index (Phi) is 8.07. The number of carbonyl (C=O) groups is 2. The van der Waals surface area contributed by atoms with Gasteiger partial charge in [-0.3, -0.25) is 19.8 Å². The molecule has 3 aromatic carbocycles. The number of amides is 2. The van der Waals surface area contributed by atoms with Crippen molar-refractivity contribution in [2.45, 2.75) is 27.4 Å². The first-order chi connectivity index (χ1) is 19.1. The van der Waals surface area contributed by atoms with Crippen LogP contribution in [0.4, 0.5) is 5.69 Å². The van der Waals surface area contributed by atoms with E-state index in [1.807, 2.05) is 87.5 Å². The third kappa shape index (κ3) is 5.68. The summed E-state index contributed by atoms with van der Waals surface area (Å²) >= 11 is 12.3. The average Bonchev–Trinajstić information content (AvgIpc) is 3.20. The number of aryl methyl sites for hydroxylation is 2. The van der Waals surface area contributed by atoms with Gasteiger partial charge in [0.25, 0.3) is 11.8 Å². The van der Waals surface area contributed by atoms with E-state index in [-0.39, 0.29) is 10.7 Å². The molecule has 202 valence electrons. The van der Waals surface area contributed by atoms with Crippen LogP contribution in [0.2, 0.25) is 0 Å². The first-order valence-electron chi connectivity index (χ1n) is 12.5. The fourth-order valence-corrected chi connectivity index (χ4v) is 5.69. The van der Waals surface area contributed by atoms with Gasteiger partial charge < -0.3 is 9.30 Å². The maximum Gasteiger partial charge on any atom is 0.270 e. The highest BCUT2D eigenvalue weighted by molar-refractivity contribution is 9.10. The van der Waals surface area contributed by atoms with Crippen LogP contribution in [0, 0.1) is 20.8 Å². The summed E-state index contributed by atoms with van der Waals surface area (Å²) in [4.78, 5) is 27.8. The summed E-state index contributed by atoms with van der Waals surface area (Å²) in [5, 5.41) is 2.73. The second-order valence-corrected chi connectivity index (χ2v) is 11.7. The van der Waals surface area contributed by atoms with Gasteiger partial charge in [-0.05, 0) is 116 Å². The second kappa shape index (κ2) is 11.5. The molecule has 6 nitrogen and oxygen atoms in total. The van der Waals surface area contributed by atoms with Crippen LogP contribution in [0.1, 0.15) is 28.1 Å². The van der Waals surface area contributed by atoms with Crippen molar-refractivity contribution in [3.8, 4) is 11.4 Å². The van der Waals surface area contributed by atoms with E-state index in [0.29, 0.717) is 12.3 Å². The van der Waals surface area contributed by atoms with Crippen molar-refractivity contribution in [3.63, 3.8) is 0 Å². The molecule has 0 bridgehead atoms. The predicted octanol–water partition coefficient (Wildman–Crippen LogP) is 7.34. The summed E-state index contributed by atoms with van der Waals surface area (Å²) in [7, 11) is 0. The molecule has 2 heterocycles. The number of aromatic nitrogens is 1. The summed E-state index contributed by atoms with van der Waals surface area (Å²) in [6.45, 7) is 6.31. The van der Waals surface area contributed by atoms with Crippen molar-refractivity contribution < 1.29 is 14.3 Å². The third-order valence-corrected chi connectivity index (χ3v) is 7.99. The maximum atomic E-state index is 13.6. The summed E-state index contributed by atoms with van der Waals surface area (Å²) < 4.78 is 9.95. The molecule has 0 radical (unpaired) electrons. The van der Waals surface area contributed by atoms with Crippen molar-refractivity contribution in [2.75, 3.05) is 4.90 Å². The fourth-order valence-electron chi connectivity index (χ4n) is 4.67. The lowest BCUT2D eigenvalue weighted by molar-refractivity contribution is -0.122. The Bertz CT molecular complexity index is 1680. The van der Waals surface area contributed by atoms with Crippen LogP contribution >= 0.6 is 44.1 Å². The van der Waals surface area contributed by atoms with Gasteiger partial charge in [0.1, 0.15) is 17.9 Å². The molecule has 40 heavy (non-hydrogen) atoms. The number of nitrogens with one attached hydrogen (secondary N) is 1. The highest BCUT2D eigenvalue weighted by Crippen LogP contribution is 2.29. The standard InChI is InChI=1S/C31H25Br2N3O3S/c1-18-14-24(33)8-13-28(18)36-30(38)27(29(37)34-31(36)40)16-22-15-19(2)35(20(22)3)25-9-11-26(12-10-25)39-17-21-4-6-23(32)7-5-21/h4-16H,17H2,1-3H3,(H,34,37,40)/b27-16+. The molecule has 2 amide bonds. The van der Waals surface area contributed by atoms with Crippen molar-refractivity contribution in [1.29, 1.82) is 0 Å². The van der Waals surface area contributed by atoms with Crippen LogP contribution in [0.15, 0.2) is 87.3 Å². The topological polar surface area (TPSA) is 63.6 Å². The molecule has 1 N–H and O–H groups in total. The number of hydrogen-bond acceptors (Lipinski definition) is 4. The number of ether oxygens (including phenoxy) is 1. The van der Waals surface area contributed by atoms with Crippen molar-refractivity contribution in [3.05, 3.63) is 115 Å². The van der Waals surface area contributed by atoms with Gasteiger partial charge in [0.05, 0.1) is 5.69 Å². The molecule has 4 aromatic rings. The predicted molar refractivity (Wildman–Crippen MR) is 169 cm³/mol. The quantitative estimate of drug-likeness (QED) is 0.132. The minimum atomic E-state index is -0.516. The minimum Gasteiger partial charge on any atom is -0.489 e. The molecular weight excluding hydrogens is 654 g/mol. The number of anilines is 1. The third-order valence-electron chi connectivity index (χ3n) is 6.69. The molecular formula is C31H25Br2N3O3S. The van der Waals surface area contributed by atoms with Gasteiger partial charge in [-0.2, -0.15) is 0 Å². The highest BCUT2D eigenvalue weighted by Gasteiger charge is 2.35. The molecule has 1 aliphatic rings. The number of nitrogens with zero attached hydrogens (tertiary/aromatic N) is 2. The van der Waals surface area contributed by atoms with E-state index in [1.54, 1.807) is 12.1 Å². The Morgan fingerprint density at radius 3 is 2.25 bits per heavy atom. The largest absolute Gasteiger partial charge is 0.489 e. The zero-order chi connectivity index (χ0) is 28.6. The Balaban J connectivity index is 1.40. The summed E-state index contributed by atoms with van der Waals surface area (Å²) in [5.74, 6) is -0.213. The first-order valence-corrected chi connectivity index (χ1v) is 14.5. The molecule has 9 heteroatoms. The van der Waals surface area contributed by atoms with Crippen LogP contribution in [-0.2, 0) is 16.2 Å². The van der Waals surface area contributed by atoms with Crippen molar-refractivity contribution >= 4 is 72.8 Å². The molecule has 0 spiro atoms. The Hall–Kier alpha value is -3.53. The molecule has 0 aliphatic carbocycles. The van der Waals surface area contributed by atoms with E-state index in [0.717, 1.165) is 48.5 Å². The van der Waals surface area contributed by atoms with E-state index in [4.69, 9.17) is 17.0 Å². The fraction of sp³-hybridized carbons (Fsp3) is 0.129. The summed E-state index contributed by atoms with van der Waals surface area (Å²) in [5.41, 5.74) is 6.16. The average molecular weight is 679 g/mol. The molecule has 0 saturated carbocycles. The van der Waals surface area contributed by atoms with Crippen molar-refractivity contribution in [1.82, 2.24) is 9.88 Å². The van der Waals surface area contributed by atoms with Crippen LogP contribution in [0.25, 0.3) is 11.8 Å². The lowest BCUT2D eigenvalue weighted by Crippen LogP contribution is -2.54. The second-order valence-electron chi connectivity index (χ2n) is 9.46. The van der Waals surface area contributed by atoms with Gasteiger partial charge in [-0.1, -0.05) is 44.0 Å². The molecule has 0 atom stereocenters. The molecule has 1 saturated heterocycles. The van der Waals surface area contributed by atoms with E-state index in [2.05, 4.69) is 41.7 Å². The molecule has 5 rings (SSSR count).